The van der Waals surface area contributed by atoms with Crippen molar-refractivity contribution in [3.63, 3.8) is 0 Å². The van der Waals surface area contributed by atoms with E-state index in [0.29, 0.717) is 19.7 Å². The first-order valence-electron chi connectivity index (χ1n) is 5.44. The van der Waals surface area contributed by atoms with Crippen molar-refractivity contribution in [3.8, 4) is 0 Å². The van der Waals surface area contributed by atoms with E-state index in [2.05, 4.69) is 0 Å². The van der Waals surface area contributed by atoms with Crippen LogP contribution in [0.25, 0.3) is 0 Å². The number of hydrogen-bond donors (Lipinski definition) is 0. The van der Waals surface area contributed by atoms with Gasteiger partial charge in [0, 0.05) is 16.7 Å². The van der Waals surface area contributed by atoms with Crippen LogP contribution in [0.4, 0.5) is 4.39 Å². The van der Waals surface area contributed by atoms with Crippen molar-refractivity contribution < 1.29 is 13.9 Å². The molecule has 92 valence electrons. The minimum absolute atomic E-state index is 0.0135. The third-order valence-electron chi connectivity index (χ3n) is 2.69. The van der Waals surface area contributed by atoms with Crippen LogP contribution in [0.15, 0.2) is 18.2 Å². The van der Waals surface area contributed by atoms with Crippen LogP contribution in [0.2, 0.25) is 0 Å². The molecule has 1 fully saturated rings. The van der Waals surface area contributed by atoms with E-state index < -0.39 is 5.82 Å². The van der Waals surface area contributed by atoms with Gasteiger partial charge in [-0.3, -0.25) is 4.79 Å². The average Bonchev–Trinajstić information content (AvgIpc) is 2.28. The van der Waals surface area contributed by atoms with Crippen LogP contribution in [0.3, 0.4) is 0 Å². The molecule has 1 aliphatic rings. The summed E-state index contributed by atoms with van der Waals surface area (Å²) in [5.74, 6) is -0.713. The van der Waals surface area contributed by atoms with Crippen molar-refractivity contribution in [2.24, 2.45) is 0 Å². The smallest absolute Gasteiger partial charge is 0.256 e. The summed E-state index contributed by atoms with van der Waals surface area (Å²) < 4.78 is 19.8. The Labute approximate surface area is 113 Å². The minimum Gasteiger partial charge on any atom is -0.375 e. The van der Waals surface area contributed by atoms with Gasteiger partial charge in [0.05, 0.1) is 18.3 Å². The molecule has 1 heterocycles. The van der Waals surface area contributed by atoms with Crippen LogP contribution in [0.1, 0.15) is 17.3 Å². The second kappa shape index (κ2) is 5.30. The van der Waals surface area contributed by atoms with Gasteiger partial charge < -0.3 is 9.64 Å². The monoisotopic (exact) mass is 349 g/mol. The van der Waals surface area contributed by atoms with Crippen molar-refractivity contribution in [2.75, 3.05) is 19.7 Å². The van der Waals surface area contributed by atoms with E-state index >= 15 is 0 Å². The summed E-state index contributed by atoms with van der Waals surface area (Å²) in [5.41, 5.74) is 0.138. The normalized spacial score (nSPS) is 20.4. The zero-order valence-corrected chi connectivity index (χ0v) is 11.6. The third-order valence-corrected chi connectivity index (χ3v) is 3.36. The number of morpholine rings is 1. The van der Waals surface area contributed by atoms with Crippen LogP contribution in [-0.2, 0) is 4.74 Å². The molecule has 0 spiro atoms. The fourth-order valence-corrected chi connectivity index (χ4v) is 2.29. The van der Waals surface area contributed by atoms with Gasteiger partial charge in [-0.15, -0.1) is 0 Å². The Morgan fingerprint density at radius 3 is 3.00 bits per heavy atom. The second-order valence-electron chi connectivity index (χ2n) is 4.06. The molecule has 0 radical (unpaired) electrons. The Morgan fingerprint density at radius 1 is 1.59 bits per heavy atom. The average molecular weight is 349 g/mol. The number of nitrogens with zero attached hydrogens (tertiary/aromatic N) is 1. The predicted molar refractivity (Wildman–Crippen MR) is 70.4 cm³/mol. The molecule has 17 heavy (non-hydrogen) atoms. The Hall–Kier alpha value is -0.690. The van der Waals surface area contributed by atoms with Gasteiger partial charge in [-0.05, 0) is 47.7 Å². The fourth-order valence-electron chi connectivity index (χ4n) is 1.84. The molecule has 0 aliphatic carbocycles. The highest BCUT2D eigenvalue weighted by Gasteiger charge is 2.24. The lowest BCUT2D eigenvalue weighted by molar-refractivity contribution is -0.0125. The topological polar surface area (TPSA) is 29.5 Å². The molecule has 1 aliphatic heterocycles. The quantitative estimate of drug-likeness (QED) is 0.729. The van der Waals surface area contributed by atoms with Crippen LogP contribution in [0.5, 0.6) is 0 Å². The molecule has 0 aromatic heterocycles. The summed E-state index contributed by atoms with van der Waals surface area (Å²) in [7, 11) is 0. The maximum atomic E-state index is 13.7. The number of benzene rings is 1. The Kier molecular flexibility index (Phi) is 3.98. The molecule has 1 saturated heterocycles. The van der Waals surface area contributed by atoms with Gasteiger partial charge >= 0.3 is 0 Å². The van der Waals surface area contributed by atoms with Crippen molar-refractivity contribution in [1.82, 2.24) is 4.90 Å². The number of hydrogen-bond acceptors (Lipinski definition) is 2. The van der Waals surface area contributed by atoms with E-state index in [1.165, 1.54) is 6.07 Å². The summed E-state index contributed by atoms with van der Waals surface area (Å²) in [6.45, 7) is 3.46. The van der Waals surface area contributed by atoms with Gasteiger partial charge in [-0.1, -0.05) is 0 Å². The SMILES string of the molecule is C[C@@H]1CN(C(=O)c2ccc(I)cc2F)CCO1. The molecule has 1 amide bonds. The highest BCUT2D eigenvalue weighted by molar-refractivity contribution is 14.1. The standard InChI is InChI=1S/C12H13FINO2/c1-8-7-15(4-5-17-8)12(16)10-3-2-9(14)6-11(10)13/h2-3,6,8H,4-5,7H2,1H3/t8-/m1/s1. The molecular formula is C12H13FINO2. The molecule has 0 N–H and O–H groups in total. The first-order chi connectivity index (χ1) is 8.08. The van der Waals surface area contributed by atoms with Gasteiger partial charge in [0.25, 0.3) is 5.91 Å². The highest BCUT2D eigenvalue weighted by Crippen LogP contribution is 2.16. The fraction of sp³-hybridized carbons (Fsp3) is 0.417. The van der Waals surface area contributed by atoms with E-state index in [9.17, 15) is 9.18 Å². The summed E-state index contributed by atoms with van der Waals surface area (Å²) in [5, 5.41) is 0. The van der Waals surface area contributed by atoms with Crippen LogP contribution >= 0.6 is 22.6 Å². The highest BCUT2D eigenvalue weighted by atomic mass is 127. The van der Waals surface area contributed by atoms with Crippen LogP contribution in [0, 0.1) is 9.39 Å². The Morgan fingerprint density at radius 2 is 2.35 bits per heavy atom. The number of ether oxygens (including phenoxy) is 1. The number of carbonyl (C=O) groups excluding carboxylic acids is 1. The third kappa shape index (κ3) is 2.95. The van der Waals surface area contributed by atoms with Crippen molar-refractivity contribution in [1.29, 1.82) is 0 Å². The van der Waals surface area contributed by atoms with Crippen LogP contribution < -0.4 is 0 Å². The zero-order valence-electron chi connectivity index (χ0n) is 9.45. The second-order valence-corrected chi connectivity index (χ2v) is 5.30. The molecule has 1 aromatic rings. The lowest BCUT2D eigenvalue weighted by Crippen LogP contribution is -2.44. The summed E-state index contributed by atoms with van der Waals surface area (Å²) >= 11 is 2.02. The van der Waals surface area contributed by atoms with Crippen LogP contribution in [-0.4, -0.2) is 36.6 Å². The molecule has 5 heteroatoms. The molecular weight excluding hydrogens is 336 g/mol. The van der Waals surface area contributed by atoms with E-state index in [-0.39, 0.29) is 17.6 Å². The first-order valence-corrected chi connectivity index (χ1v) is 6.51. The molecule has 1 atom stereocenters. The van der Waals surface area contributed by atoms with Gasteiger partial charge in [0.1, 0.15) is 5.82 Å². The molecule has 0 unspecified atom stereocenters. The molecule has 0 saturated carbocycles. The number of rotatable bonds is 1. The number of carbonyl (C=O) groups is 1. The number of amides is 1. The largest absolute Gasteiger partial charge is 0.375 e. The zero-order chi connectivity index (χ0) is 12.4. The van der Waals surface area contributed by atoms with E-state index in [1.54, 1.807) is 17.0 Å². The van der Waals surface area contributed by atoms with Crippen molar-refractivity contribution in [3.05, 3.63) is 33.1 Å². The van der Waals surface area contributed by atoms with E-state index in [1.807, 2.05) is 29.5 Å². The molecule has 0 bridgehead atoms. The number of halogens is 2. The van der Waals surface area contributed by atoms with Crippen molar-refractivity contribution in [2.45, 2.75) is 13.0 Å². The summed E-state index contributed by atoms with van der Waals surface area (Å²) in [6.07, 6.45) is 0.0135. The summed E-state index contributed by atoms with van der Waals surface area (Å²) in [4.78, 5) is 13.7. The van der Waals surface area contributed by atoms with Crippen molar-refractivity contribution >= 4 is 28.5 Å². The van der Waals surface area contributed by atoms with Gasteiger partial charge in [-0.25, -0.2) is 4.39 Å². The van der Waals surface area contributed by atoms with Gasteiger partial charge in [-0.2, -0.15) is 0 Å². The van der Waals surface area contributed by atoms with Gasteiger partial charge in [0.15, 0.2) is 0 Å². The molecule has 1 aromatic carbocycles. The summed E-state index contributed by atoms with van der Waals surface area (Å²) in [6, 6.07) is 4.65. The lowest BCUT2D eigenvalue weighted by Gasteiger charge is -2.31. The maximum absolute atomic E-state index is 13.7. The molecule has 3 nitrogen and oxygen atoms in total. The van der Waals surface area contributed by atoms with Gasteiger partial charge in [0.2, 0.25) is 0 Å². The van der Waals surface area contributed by atoms with E-state index in [0.717, 1.165) is 3.57 Å². The maximum Gasteiger partial charge on any atom is 0.256 e. The van der Waals surface area contributed by atoms with E-state index in [4.69, 9.17) is 4.74 Å². The lowest BCUT2D eigenvalue weighted by atomic mass is 10.1. The predicted octanol–water partition coefficient (Wildman–Crippen LogP) is 2.29. The Balaban J connectivity index is 2.18. The first kappa shape index (κ1) is 12.8. The molecule has 2 rings (SSSR count). The Bertz CT molecular complexity index is 439. The minimum atomic E-state index is -0.457.